The number of hydrogen-bond donors (Lipinski definition) is 3. The average molecular weight is 812 g/mol. The lowest BCUT2D eigenvalue weighted by Crippen LogP contribution is -2.29. The summed E-state index contributed by atoms with van der Waals surface area (Å²) in [6, 6.07) is 11.8. The van der Waals surface area contributed by atoms with Gasteiger partial charge >= 0.3 is 7.82 Å². The molecule has 2 unspecified atom stereocenters. The van der Waals surface area contributed by atoms with Gasteiger partial charge in [-0.05, 0) is 54.5 Å². The minimum Gasteiger partial charge on any atom is -0.390 e. The largest absolute Gasteiger partial charge is 0.472 e. The van der Waals surface area contributed by atoms with Gasteiger partial charge in [-0.25, -0.2) is 14.1 Å². The molecule has 1 aliphatic heterocycles. The fraction of sp³-hybridized carbons (Fsp3) is 0.698. The van der Waals surface area contributed by atoms with Gasteiger partial charge in [-0.1, -0.05) is 121 Å². The van der Waals surface area contributed by atoms with E-state index in [9.17, 15) is 19.8 Å². The number of phosphoric ester groups is 1. The van der Waals surface area contributed by atoms with Crippen LogP contribution in [0.5, 0.6) is 0 Å². The van der Waals surface area contributed by atoms with Crippen LogP contribution >= 0.6 is 7.82 Å². The second-order valence-corrected chi connectivity index (χ2v) is 17.3. The van der Waals surface area contributed by atoms with E-state index in [2.05, 4.69) is 41.3 Å². The van der Waals surface area contributed by atoms with E-state index >= 15 is 0 Å². The summed E-state index contributed by atoms with van der Waals surface area (Å²) < 4.78 is 43.4. The predicted octanol–water partition coefficient (Wildman–Crippen LogP) is 8.67. The minimum atomic E-state index is -4.62. The standard InChI is InChI=1S/C43H66N5O8P/c1-2-3-4-5-6-7-8-9-10-11-12-13-14-15-16-17-25-52-29-37(53-28-34-21-22-35-19-18-20-36(35)26-34)30-54-57(50,51)55-31-40-39(49)27-43(32-44,56-40)41-24-23-38-42(45)46-33-47-48(38)41/h21-24,26,33,37,39-40,49H,2-20,25,27-31H2,1H3,(H,50,51)(H2,45,46,47)/t37-,39+,40-,43?/m1/s1. The Morgan fingerprint density at radius 3 is 2.30 bits per heavy atom. The molecule has 4 N–H and O–H groups in total. The number of rotatable bonds is 29. The molecule has 3 aromatic rings. The number of aryl methyl sites for hydroxylation is 2. The smallest absolute Gasteiger partial charge is 0.390 e. The third kappa shape index (κ3) is 14.1. The number of phosphoric acid groups is 1. The lowest BCUT2D eigenvalue weighted by molar-refractivity contribution is -0.0629. The first-order valence-corrected chi connectivity index (χ1v) is 23.0. The van der Waals surface area contributed by atoms with Crippen molar-refractivity contribution < 1.29 is 37.8 Å². The Morgan fingerprint density at radius 2 is 1.61 bits per heavy atom. The zero-order valence-electron chi connectivity index (χ0n) is 34.0. The van der Waals surface area contributed by atoms with Crippen molar-refractivity contribution in [2.24, 2.45) is 0 Å². The predicted molar refractivity (Wildman–Crippen MR) is 219 cm³/mol. The van der Waals surface area contributed by atoms with Crippen molar-refractivity contribution in [1.29, 1.82) is 5.26 Å². The first kappa shape index (κ1) is 45.2. The Labute approximate surface area is 339 Å². The van der Waals surface area contributed by atoms with Gasteiger partial charge < -0.3 is 29.9 Å². The molecule has 0 radical (unpaired) electrons. The molecule has 57 heavy (non-hydrogen) atoms. The molecule has 2 aromatic heterocycles. The van der Waals surface area contributed by atoms with Crippen LogP contribution in [0.1, 0.15) is 145 Å². The molecular weight excluding hydrogens is 745 g/mol. The van der Waals surface area contributed by atoms with Crippen LogP contribution < -0.4 is 5.73 Å². The molecule has 13 nitrogen and oxygen atoms in total. The van der Waals surface area contributed by atoms with Crippen molar-refractivity contribution >= 4 is 19.2 Å². The summed E-state index contributed by atoms with van der Waals surface area (Å²) >= 11 is 0. The molecule has 5 atom stereocenters. The van der Waals surface area contributed by atoms with Crippen LogP contribution in [0.4, 0.5) is 5.82 Å². The molecule has 3 heterocycles. The molecule has 0 spiro atoms. The zero-order chi connectivity index (χ0) is 40.4. The highest BCUT2D eigenvalue weighted by molar-refractivity contribution is 7.47. The van der Waals surface area contributed by atoms with Gasteiger partial charge in [-0.3, -0.25) is 9.05 Å². The summed E-state index contributed by atoms with van der Waals surface area (Å²) in [6.07, 6.45) is 22.4. The molecule has 316 valence electrons. The monoisotopic (exact) mass is 811 g/mol. The van der Waals surface area contributed by atoms with E-state index in [1.54, 1.807) is 12.1 Å². The van der Waals surface area contributed by atoms with Gasteiger partial charge in [0.15, 0.2) is 11.4 Å². The van der Waals surface area contributed by atoms with Gasteiger partial charge in [-0.2, -0.15) is 10.4 Å². The molecule has 0 amide bonds. The summed E-state index contributed by atoms with van der Waals surface area (Å²) in [5.74, 6) is 0.223. The first-order valence-electron chi connectivity index (χ1n) is 21.5. The highest BCUT2D eigenvalue weighted by Gasteiger charge is 2.50. The molecule has 1 fully saturated rings. The number of ether oxygens (including phenoxy) is 3. The number of aliphatic hydroxyl groups excluding tert-OH is 1. The van der Waals surface area contributed by atoms with E-state index in [-0.39, 0.29) is 25.5 Å². The third-order valence-electron chi connectivity index (χ3n) is 11.3. The Kier molecular flexibility index (Phi) is 18.7. The van der Waals surface area contributed by atoms with E-state index in [4.69, 9.17) is 29.0 Å². The summed E-state index contributed by atoms with van der Waals surface area (Å²) in [6.45, 7) is 2.60. The fourth-order valence-corrected chi connectivity index (χ4v) is 8.70. The van der Waals surface area contributed by atoms with Crippen molar-refractivity contribution in [2.45, 2.75) is 166 Å². The van der Waals surface area contributed by atoms with Crippen LogP contribution in [-0.2, 0) is 52.9 Å². The van der Waals surface area contributed by atoms with Gasteiger partial charge in [0.25, 0.3) is 0 Å². The maximum Gasteiger partial charge on any atom is 0.472 e. The fourth-order valence-electron chi connectivity index (χ4n) is 7.93. The van der Waals surface area contributed by atoms with Crippen LogP contribution in [0.15, 0.2) is 36.7 Å². The number of unbranched alkanes of at least 4 members (excludes halogenated alkanes) is 15. The molecular formula is C43H66N5O8P. The summed E-state index contributed by atoms with van der Waals surface area (Å²) in [4.78, 5) is 14.6. The zero-order valence-corrected chi connectivity index (χ0v) is 34.9. The summed E-state index contributed by atoms with van der Waals surface area (Å²) in [5.41, 5.74) is 8.94. The quantitative estimate of drug-likeness (QED) is 0.0449. The maximum absolute atomic E-state index is 13.1. The van der Waals surface area contributed by atoms with Crippen LogP contribution in [-0.4, -0.2) is 69.3 Å². The number of nitrogens with two attached hydrogens (primary N) is 1. The van der Waals surface area contributed by atoms with Gasteiger partial charge in [0, 0.05) is 13.0 Å². The average Bonchev–Trinajstić information content (AvgIpc) is 3.95. The number of anilines is 1. The van der Waals surface area contributed by atoms with E-state index in [0.29, 0.717) is 24.4 Å². The Bertz CT molecular complexity index is 1730. The molecule has 1 aliphatic carbocycles. The Morgan fingerprint density at radius 1 is 0.947 bits per heavy atom. The number of aliphatic hydroxyl groups is 1. The third-order valence-corrected chi connectivity index (χ3v) is 12.2. The Hall–Kier alpha value is -2.92. The van der Waals surface area contributed by atoms with E-state index in [1.807, 2.05) is 0 Å². The molecule has 0 bridgehead atoms. The van der Waals surface area contributed by atoms with Crippen molar-refractivity contribution in [2.75, 3.05) is 32.2 Å². The first-order chi connectivity index (χ1) is 27.7. The minimum absolute atomic E-state index is 0.112. The number of benzene rings is 1. The normalized spacial score (nSPS) is 20.8. The van der Waals surface area contributed by atoms with Crippen molar-refractivity contribution in [3.05, 3.63) is 59.0 Å². The number of fused-ring (bicyclic) bond motifs is 2. The molecule has 5 rings (SSSR count). The second-order valence-electron chi connectivity index (χ2n) is 15.9. The van der Waals surface area contributed by atoms with Gasteiger partial charge in [-0.15, -0.1) is 0 Å². The van der Waals surface area contributed by atoms with Gasteiger partial charge in [0.1, 0.15) is 30.1 Å². The number of aromatic nitrogens is 3. The van der Waals surface area contributed by atoms with Crippen molar-refractivity contribution in [1.82, 2.24) is 14.6 Å². The van der Waals surface area contributed by atoms with Crippen molar-refractivity contribution in [3.63, 3.8) is 0 Å². The lowest BCUT2D eigenvalue weighted by atomic mass is 9.96. The molecule has 14 heteroatoms. The second kappa shape index (κ2) is 23.6. The van der Waals surface area contributed by atoms with Crippen LogP contribution in [0, 0.1) is 11.3 Å². The Balaban J connectivity index is 1.01. The van der Waals surface area contributed by atoms with Crippen LogP contribution in [0.2, 0.25) is 0 Å². The molecule has 2 aliphatic rings. The molecule has 1 aromatic carbocycles. The number of nitrogen functional groups attached to an aromatic ring is 1. The van der Waals surface area contributed by atoms with E-state index < -0.39 is 38.3 Å². The maximum atomic E-state index is 13.1. The topological polar surface area (TPSA) is 184 Å². The highest BCUT2D eigenvalue weighted by atomic mass is 31.2. The number of hydrogen-bond acceptors (Lipinski definition) is 11. The van der Waals surface area contributed by atoms with Crippen LogP contribution in [0.25, 0.3) is 5.52 Å². The van der Waals surface area contributed by atoms with E-state index in [1.165, 1.54) is 112 Å². The van der Waals surface area contributed by atoms with Crippen LogP contribution in [0.3, 0.4) is 0 Å². The van der Waals surface area contributed by atoms with E-state index in [0.717, 1.165) is 37.7 Å². The van der Waals surface area contributed by atoms with Gasteiger partial charge in [0.2, 0.25) is 0 Å². The summed E-state index contributed by atoms with van der Waals surface area (Å²) in [5, 5.41) is 25.2. The molecule has 1 saturated heterocycles. The van der Waals surface area contributed by atoms with Crippen molar-refractivity contribution in [3.8, 4) is 6.07 Å². The van der Waals surface area contributed by atoms with Gasteiger partial charge in [0.05, 0.1) is 38.2 Å². The lowest BCUT2D eigenvalue weighted by Gasteiger charge is -2.23. The summed E-state index contributed by atoms with van der Waals surface area (Å²) in [7, 11) is -4.62. The number of nitriles is 1. The number of nitrogens with zero attached hydrogens (tertiary/aromatic N) is 4. The molecule has 0 saturated carbocycles. The SMILES string of the molecule is CCCCCCCCCCCCCCCCCCOC[C@H](COP(=O)(O)OC[C@H]1OC(C#N)(c2ccc3c(N)ncnn23)C[C@@H]1O)OCc1ccc2c(c1)CCC2. The highest BCUT2D eigenvalue weighted by Crippen LogP contribution is 2.46.